The number of hydrogen-bond donors (Lipinski definition) is 2. The Bertz CT molecular complexity index is 1030. The third kappa shape index (κ3) is 3.42. The van der Waals surface area contributed by atoms with E-state index in [4.69, 9.17) is 0 Å². The van der Waals surface area contributed by atoms with Gasteiger partial charge in [-0.05, 0) is 31.9 Å². The first-order valence-electron chi connectivity index (χ1n) is 10.1. The molecule has 2 aromatic heterocycles. The van der Waals surface area contributed by atoms with Gasteiger partial charge in [-0.1, -0.05) is 12.1 Å². The highest BCUT2D eigenvalue weighted by atomic mass is 16.2. The molecule has 0 unspecified atom stereocenters. The Morgan fingerprint density at radius 2 is 2.03 bits per heavy atom. The monoisotopic (exact) mass is 392 g/mol. The van der Waals surface area contributed by atoms with Crippen molar-refractivity contribution in [3.63, 3.8) is 0 Å². The summed E-state index contributed by atoms with van der Waals surface area (Å²) in [6.45, 7) is 5.98. The van der Waals surface area contributed by atoms with Gasteiger partial charge in [-0.2, -0.15) is 5.10 Å². The van der Waals surface area contributed by atoms with E-state index in [1.54, 1.807) is 0 Å². The summed E-state index contributed by atoms with van der Waals surface area (Å²) in [4.78, 5) is 19.3. The van der Waals surface area contributed by atoms with E-state index in [-0.39, 0.29) is 5.91 Å². The second-order valence-electron chi connectivity index (χ2n) is 7.69. The lowest BCUT2D eigenvalue weighted by Gasteiger charge is -2.32. The van der Waals surface area contributed by atoms with E-state index in [9.17, 15) is 4.79 Å². The molecule has 2 aliphatic heterocycles. The number of nitrogens with one attached hydrogen (secondary N) is 2. The van der Waals surface area contributed by atoms with Crippen LogP contribution in [0.15, 0.2) is 24.3 Å². The fourth-order valence-corrected chi connectivity index (χ4v) is 4.20. The molecule has 5 rings (SSSR count). The molecule has 0 radical (unpaired) electrons. The first kappa shape index (κ1) is 18.0. The predicted molar refractivity (Wildman–Crippen MR) is 106 cm³/mol. The standard InChI is InChI=1S/C20H24N8O/c1-13-22-18(25-23-13)15-3-2-4-16(11-15)20(29)27-8-5-14(6-9-27)19-26-24-17-12-21-7-10-28(17)19/h2-4,11,14,21H,5-10,12H2,1H3,(H,22,23,25). The molecule has 0 aliphatic carbocycles. The average Bonchev–Trinajstić information content (AvgIpc) is 3.40. The first-order chi connectivity index (χ1) is 14.2. The summed E-state index contributed by atoms with van der Waals surface area (Å²) in [6, 6.07) is 7.55. The number of benzene rings is 1. The van der Waals surface area contributed by atoms with E-state index in [1.807, 2.05) is 36.1 Å². The molecule has 9 heteroatoms. The van der Waals surface area contributed by atoms with Crippen LogP contribution < -0.4 is 5.32 Å². The van der Waals surface area contributed by atoms with Crippen molar-refractivity contribution < 1.29 is 4.79 Å². The number of carbonyl (C=O) groups is 1. The van der Waals surface area contributed by atoms with Gasteiger partial charge < -0.3 is 14.8 Å². The van der Waals surface area contributed by atoms with Gasteiger partial charge in [0.1, 0.15) is 17.5 Å². The summed E-state index contributed by atoms with van der Waals surface area (Å²) in [5.74, 6) is 3.89. The fraction of sp³-hybridized carbons (Fsp3) is 0.450. The van der Waals surface area contributed by atoms with Crippen LogP contribution in [-0.4, -0.2) is 60.4 Å². The molecular weight excluding hydrogens is 368 g/mol. The van der Waals surface area contributed by atoms with Crippen LogP contribution in [0.4, 0.5) is 0 Å². The van der Waals surface area contributed by atoms with Crippen LogP contribution in [0.2, 0.25) is 0 Å². The number of piperidine rings is 1. The topological polar surface area (TPSA) is 105 Å². The second kappa shape index (κ2) is 7.40. The minimum Gasteiger partial charge on any atom is -0.339 e. The van der Waals surface area contributed by atoms with Crippen LogP contribution in [0.5, 0.6) is 0 Å². The number of aromatic amines is 1. The molecule has 150 valence electrons. The molecule has 29 heavy (non-hydrogen) atoms. The van der Waals surface area contributed by atoms with Gasteiger partial charge in [0, 0.05) is 43.2 Å². The number of nitrogens with zero attached hydrogens (tertiary/aromatic N) is 6. The quantitative estimate of drug-likeness (QED) is 0.700. The highest BCUT2D eigenvalue weighted by Gasteiger charge is 2.29. The van der Waals surface area contributed by atoms with Crippen molar-refractivity contribution in [1.82, 2.24) is 40.2 Å². The van der Waals surface area contributed by atoms with Crippen molar-refractivity contribution in [1.29, 1.82) is 0 Å². The fourth-order valence-electron chi connectivity index (χ4n) is 4.20. The smallest absolute Gasteiger partial charge is 0.253 e. The summed E-state index contributed by atoms with van der Waals surface area (Å²) in [6.07, 6.45) is 1.83. The number of rotatable bonds is 3. The van der Waals surface area contributed by atoms with Crippen molar-refractivity contribution in [2.75, 3.05) is 19.6 Å². The van der Waals surface area contributed by atoms with Gasteiger partial charge in [-0.15, -0.1) is 10.2 Å². The Morgan fingerprint density at radius 1 is 1.17 bits per heavy atom. The Hall–Kier alpha value is -3.07. The van der Waals surface area contributed by atoms with E-state index in [2.05, 4.69) is 35.3 Å². The molecule has 1 aromatic carbocycles. The molecule has 2 N–H and O–H groups in total. The number of aromatic nitrogens is 6. The zero-order valence-corrected chi connectivity index (χ0v) is 16.4. The van der Waals surface area contributed by atoms with Crippen LogP contribution in [-0.2, 0) is 13.1 Å². The molecule has 0 saturated carbocycles. The Kier molecular flexibility index (Phi) is 4.59. The Balaban J connectivity index is 1.28. The second-order valence-corrected chi connectivity index (χ2v) is 7.69. The maximum absolute atomic E-state index is 13.1. The minimum absolute atomic E-state index is 0.0602. The number of hydrogen-bond acceptors (Lipinski definition) is 6. The molecule has 3 aromatic rings. The van der Waals surface area contributed by atoms with Crippen LogP contribution in [0.3, 0.4) is 0 Å². The third-order valence-corrected chi connectivity index (χ3v) is 5.76. The molecule has 9 nitrogen and oxygen atoms in total. The van der Waals surface area contributed by atoms with E-state index >= 15 is 0 Å². The zero-order valence-electron chi connectivity index (χ0n) is 16.4. The normalized spacial score (nSPS) is 17.3. The summed E-state index contributed by atoms with van der Waals surface area (Å²) in [7, 11) is 0. The Morgan fingerprint density at radius 3 is 2.83 bits per heavy atom. The largest absolute Gasteiger partial charge is 0.339 e. The molecule has 1 saturated heterocycles. The molecule has 0 bridgehead atoms. The number of amides is 1. The summed E-state index contributed by atoms with van der Waals surface area (Å²) in [5.41, 5.74) is 1.52. The van der Waals surface area contributed by atoms with E-state index in [0.29, 0.717) is 17.3 Å². The van der Waals surface area contributed by atoms with Crippen molar-refractivity contribution in [3.05, 3.63) is 47.3 Å². The lowest BCUT2D eigenvalue weighted by Crippen LogP contribution is -2.39. The highest BCUT2D eigenvalue weighted by molar-refractivity contribution is 5.95. The number of likely N-dealkylation sites (tertiary alicyclic amines) is 1. The number of aryl methyl sites for hydroxylation is 1. The van der Waals surface area contributed by atoms with Crippen LogP contribution in [0, 0.1) is 6.92 Å². The zero-order chi connectivity index (χ0) is 19.8. The van der Waals surface area contributed by atoms with Crippen LogP contribution in [0.1, 0.15) is 46.6 Å². The number of H-pyrrole nitrogens is 1. The molecular formula is C20H24N8O. The van der Waals surface area contributed by atoms with Gasteiger partial charge in [0.25, 0.3) is 5.91 Å². The van der Waals surface area contributed by atoms with E-state index in [0.717, 1.165) is 68.6 Å². The lowest BCUT2D eigenvalue weighted by molar-refractivity contribution is 0.0710. The summed E-state index contributed by atoms with van der Waals surface area (Å²) < 4.78 is 2.25. The SMILES string of the molecule is Cc1nc(-c2cccc(C(=O)N3CCC(c4nnc5n4CCNC5)CC3)c2)n[nH]1. The minimum atomic E-state index is 0.0602. The van der Waals surface area contributed by atoms with Gasteiger partial charge >= 0.3 is 0 Å². The van der Waals surface area contributed by atoms with E-state index in [1.165, 1.54) is 0 Å². The number of fused-ring (bicyclic) bond motifs is 1. The summed E-state index contributed by atoms with van der Waals surface area (Å²) in [5, 5.41) is 19.1. The van der Waals surface area contributed by atoms with Gasteiger partial charge in [-0.25, -0.2) is 4.98 Å². The maximum Gasteiger partial charge on any atom is 0.253 e. The predicted octanol–water partition coefficient (Wildman–Crippen LogP) is 1.49. The molecule has 1 amide bonds. The highest BCUT2D eigenvalue weighted by Crippen LogP contribution is 2.29. The third-order valence-electron chi connectivity index (χ3n) is 5.76. The van der Waals surface area contributed by atoms with Crippen molar-refractivity contribution >= 4 is 5.91 Å². The average molecular weight is 392 g/mol. The lowest BCUT2D eigenvalue weighted by atomic mass is 9.95. The molecule has 1 fully saturated rings. The van der Waals surface area contributed by atoms with Crippen molar-refractivity contribution in [2.45, 2.75) is 38.8 Å². The molecule has 4 heterocycles. The van der Waals surface area contributed by atoms with Gasteiger partial charge in [-0.3, -0.25) is 9.89 Å². The van der Waals surface area contributed by atoms with Gasteiger partial charge in [0.2, 0.25) is 0 Å². The molecule has 0 spiro atoms. The number of carbonyl (C=O) groups excluding carboxylic acids is 1. The first-order valence-corrected chi connectivity index (χ1v) is 10.1. The van der Waals surface area contributed by atoms with Gasteiger partial charge in [0.15, 0.2) is 5.82 Å². The van der Waals surface area contributed by atoms with E-state index < -0.39 is 0 Å². The van der Waals surface area contributed by atoms with Crippen molar-refractivity contribution in [3.8, 4) is 11.4 Å². The van der Waals surface area contributed by atoms with Crippen LogP contribution in [0.25, 0.3) is 11.4 Å². The molecule has 0 atom stereocenters. The summed E-state index contributed by atoms with van der Waals surface area (Å²) >= 11 is 0. The van der Waals surface area contributed by atoms with Crippen LogP contribution >= 0.6 is 0 Å². The van der Waals surface area contributed by atoms with Gasteiger partial charge in [0.05, 0.1) is 6.54 Å². The Labute approximate surface area is 168 Å². The van der Waals surface area contributed by atoms with Crippen molar-refractivity contribution in [2.24, 2.45) is 0 Å². The molecule has 2 aliphatic rings. The maximum atomic E-state index is 13.1.